The van der Waals surface area contributed by atoms with Crippen LogP contribution >= 0.6 is 0 Å². The minimum atomic E-state index is 0.128. The molecule has 0 bridgehead atoms. The zero-order valence-corrected chi connectivity index (χ0v) is 16.8. The van der Waals surface area contributed by atoms with Crippen molar-refractivity contribution in [3.05, 3.63) is 36.5 Å². The van der Waals surface area contributed by atoms with Crippen LogP contribution in [0.1, 0.15) is 32.6 Å². The number of rotatable bonds is 6. The number of nitrogens with one attached hydrogen (secondary N) is 1. The van der Waals surface area contributed by atoms with Crippen molar-refractivity contribution in [1.82, 2.24) is 29.1 Å². The van der Waals surface area contributed by atoms with Crippen molar-refractivity contribution in [3.8, 4) is 11.1 Å². The molecule has 0 fully saturated rings. The largest absolute Gasteiger partial charge is 0.383 e. The molecule has 0 radical (unpaired) electrons. The maximum absolute atomic E-state index is 5.15. The predicted octanol–water partition coefficient (Wildman–Crippen LogP) is 3.48. The molecular formula is C20H25N7O. The molecule has 0 aliphatic rings. The van der Waals surface area contributed by atoms with E-state index in [-0.39, 0.29) is 6.04 Å². The van der Waals surface area contributed by atoms with E-state index in [9.17, 15) is 0 Å². The average molecular weight is 379 g/mol. The molecule has 4 heterocycles. The fourth-order valence-electron chi connectivity index (χ4n) is 3.61. The van der Waals surface area contributed by atoms with Crippen molar-refractivity contribution in [2.75, 3.05) is 19.0 Å². The van der Waals surface area contributed by atoms with E-state index >= 15 is 0 Å². The molecule has 0 amide bonds. The van der Waals surface area contributed by atoms with Gasteiger partial charge in [-0.05, 0) is 39.8 Å². The maximum Gasteiger partial charge on any atom is 0.241 e. The smallest absolute Gasteiger partial charge is 0.241 e. The van der Waals surface area contributed by atoms with Crippen LogP contribution in [0.15, 0.2) is 30.7 Å². The highest BCUT2D eigenvalue weighted by molar-refractivity contribution is 5.85. The lowest BCUT2D eigenvalue weighted by molar-refractivity contribution is 0.190. The summed E-state index contributed by atoms with van der Waals surface area (Å²) in [5.74, 6) is 1.54. The van der Waals surface area contributed by atoms with Gasteiger partial charge in [-0.2, -0.15) is 0 Å². The van der Waals surface area contributed by atoms with Crippen LogP contribution in [0.5, 0.6) is 0 Å². The highest BCUT2D eigenvalue weighted by Crippen LogP contribution is 2.28. The van der Waals surface area contributed by atoms with E-state index in [1.54, 1.807) is 7.11 Å². The molecule has 146 valence electrons. The lowest BCUT2D eigenvalue weighted by atomic mass is 10.1. The van der Waals surface area contributed by atoms with Crippen LogP contribution in [0.3, 0.4) is 0 Å². The zero-order chi connectivity index (χ0) is 19.8. The first-order chi connectivity index (χ1) is 13.5. The molecule has 1 atom stereocenters. The van der Waals surface area contributed by atoms with Gasteiger partial charge in [-0.25, -0.2) is 19.5 Å². The number of anilines is 1. The Kier molecular flexibility index (Phi) is 4.72. The van der Waals surface area contributed by atoms with Crippen LogP contribution in [0.2, 0.25) is 0 Å². The minimum Gasteiger partial charge on any atom is -0.383 e. The number of methoxy groups -OCH3 is 1. The Hall–Kier alpha value is -3.00. The van der Waals surface area contributed by atoms with Gasteiger partial charge >= 0.3 is 0 Å². The number of nitrogens with zero attached hydrogens (tertiary/aromatic N) is 6. The van der Waals surface area contributed by atoms with E-state index in [2.05, 4.69) is 49.8 Å². The molecule has 8 nitrogen and oxygen atoms in total. The molecular weight excluding hydrogens is 354 g/mol. The fraction of sp³-hybridized carbons (Fsp3) is 0.400. The van der Waals surface area contributed by atoms with Gasteiger partial charge in [0.1, 0.15) is 5.82 Å². The molecule has 0 aliphatic heterocycles. The summed E-state index contributed by atoms with van der Waals surface area (Å²) in [5, 5.41) is 7.80. The van der Waals surface area contributed by atoms with Gasteiger partial charge in [0.05, 0.1) is 23.8 Å². The molecule has 8 heteroatoms. The SMILES string of the molecule is COC[C@@H](C)Nc1ncc2c(-c3cnc4nc(C)n(C(C)C)c4c3)ccn2n1. The third-order valence-corrected chi connectivity index (χ3v) is 4.76. The summed E-state index contributed by atoms with van der Waals surface area (Å²) in [6.45, 7) is 8.94. The summed E-state index contributed by atoms with van der Waals surface area (Å²) < 4.78 is 9.19. The number of imidazole rings is 1. The van der Waals surface area contributed by atoms with Crippen LogP contribution < -0.4 is 5.32 Å². The number of hydrogen-bond donors (Lipinski definition) is 1. The number of ether oxygens (including phenoxy) is 1. The van der Waals surface area contributed by atoms with Gasteiger partial charge < -0.3 is 14.6 Å². The first-order valence-corrected chi connectivity index (χ1v) is 9.42. The number of aryl methyl sites for hydroxylation is 1. The van der Waals surface area contributed by atoms with Crippen molar-refractivity contribution >= 4 is 22.6 Å². The quantitative estimate of drug-likeness (QED) is 0.552. The van der Waals surface area contributed by atoms with Crippen molar-refractivity contribution in [2.45, 2.75) is 39.8 Å². The topological polar surface area (TPSA) is 82.2 Å². The zero-order valence-electron chi connectivity index (χ0n) is 16.8. The molecule has 4 rings (SSSR count). The summed E-state index contributed by atoms with van der Waals surface area (Å²) in [5.41, 5.74) is 4.80. The Morgan fingerprint density at radius 2 is 1.96 bits per heavy atom. The Morgan fingerprint density at radius 1 is 1.14 bits per heavy atom. The molecule has 0 spiro atoms. The highest BCUT2D eigenvalue weighted by Gasteiger charge is 2.15. The molecule has 1 N–H and O–H groups in total. The summed E-state index contributed by atoms with van der Waals surface area (Å²) >= 11 is 0. The monoisotopic (exact) mass is 379 g/mol. The van der Waals surface area contributed by atoms with Crippen LogP contribution in [0.4, 0.5) is 5.95 Å². The van der Waals surface area contributed by atoms with Gasteiger partial charge in [-0.15, -0.1) is 5.10 Å². The highest BCUT2D eigenvalue weighted by atomic mass is 16.5. The third kappa shape index (κ3) is 3.20. The van der Waals surface area contributed by atoms with Gasteiger partial charge in [0.25, 0.3) is 0 Å². The van der Waals surface area contributed by atoms with Crippen molar-refractivity contribution in [1.29, 1.82) is 0 Å². The Balaban J connectivity index is 1.74. The maximum atomic E-state index is 5.15. The molecule has 0 saturated heterocycles. The van der Waals surface area contributed by atoms with Crippen LogP contribution in [0.25, 0.3) is 27.8 Å². The Morgan fingerprint density at radius 3 is 2.71 bits per heavy atom. The standard InChI is InChI=1S/C20H25N7O/c1-12(2)27-14(4)24-19-17(27)8-15(9-21-19)16-6-7-26-18(16)10-22-20(25-26)23-13(3)11-28-5/h6-10,12-13H,11H2,1-5H3,(H,23,25)/t13-/m1/s1. The van der Waals surface area contributed by atoms with E-state index in [1.807, 2.05) is 43.0 Å². The summed E-state index contributed by atoms with van der Waals surface area (Å²) in [6.07, 6.45) is 5.63. The van der Waals surface area contributed by atoms with Crippen molar-refractivity contribution < 1.29 is 4.74 Å². The Labute approximate surface area is 163 Å². The van der Waals surface area contributed by atoms with Gasteiger partial charge in [0.2, 0.25) is 5.95 Å². The van der Waals surface area contributed by atoms with E-state index in [0.717, 1.165) is 33.6 Å². The third-order valence-electron chi connectivity index (χ3n) is 4.76. The van der Waals surface area contributed by atoms with Gasteiger partial charge in [0.15, 0.2) is 5.65 Å². The average Bonchev–Trinajstić information content (AvgIpc) is 3.20. The van der Waals surface area contributed by atoms with Crippen molar-refractivity contribution in [3.63, 3.8) is 0 Å². The molecule has 0 unspecified atom stereocenters. The number of hydrogen-bond acceptors (Lipinski definition) is 6. The molecule has 28 heavy (non-hydrogen) atoms. The molecule has 0 aromatic carbocycles. The van der Waals surface area contributed by atoms with Crippen LogP contribution in [0, 0.1) is 6.92 Å². The predicted molar refractivity (Wildman–Crippen MR) is 110 cm³/mol. The number of fused-ring (bicyclic) bond motifs is 2. The summed E-state index contributed by atoms with van der Waals surface area (Å²) in [6, 6.07) is 4.63. The van der Waals surface area contributed by atoms with E-state index in [4.69, 9.17) is 4.74 Å². The molecule has 4 aromatic rings. The van der Waals surface area contributed by atoms with Crippen LogP contribution in [-0.4, -0.2) is 48.9 Å². The number of aromatic nitrogens is 6. The van der Waals surface area contributed by atoms with Gasteiger partial charge in [0, 0.05) is 42.7 Å². The van der Waals surface area contributed by atoms with E-state index < -0.39 is 0 Å². The van der Waals surface area contributed by atoms with Gasteiger partial charge in [-0.1, -0.05) is 0 Å². The first kappa shape index (κ1) is 18.4. The fourth-order valence-corrected chi connectivity index (χ4v) is 3.61. The lowest BCUT2D eigenvalue weighted by Crippen LogP contribution is -2.22. The molecule has 0 saturated carbocycles. The summed E-state index contributed by atoms with van der Waals surface area (Å²) in [7, 11) is 1.68. The van der Waals surface area contributed by atoms with E-state index in [0.29, 0.717) is 18.6 Å². The Bertz CT molecular complexity index is 1130. The second-order valence-corrected chi connectivity index (χ2v) is 7.33. The minimum absolute atomic E-state index is 0.128. The normalized spacial score (nSPS) is 12.9. The van der Waals surface area contributed by atoms with E-state index in [1.165, 1.54) is 0 Å². The van der Waals surface area contributed by atoms with Gasteiger partial charge in [-0.3, -0.25) is 0 Å². The second-order valence-electron chi connectivity index (χ2n) is 7.33. The van der Waals surface area contributed by atoms with Crippen molar-refractivity contribution in [2.24, 2.45) is 0 Å². The summed E-state index contributed by atoms with van der Waals surface area (Å²) in [4.78, 5) is 13.6. The van der Waals surface area contributed by atoms with Crippen LogP contribution in [-0.2, 0) is 4.74 Å². The first-order valence-electron chi connectivity index (χ1n) is 9.42. The molecule has 4 aromatic heterocycles. The molecule has 0 aliphatic carbocycles. The lowest BCUT2D eigenvalue weighted by Gasteiger charge is -2.12. The second kappa shape index (κ2) is 7.20. The number of pyridine rings is 1.